The Morgan fingerprint density at radius 1 is 1.04 bits per heavy atom. The van der Waals surface area contributed by atoms with Crippen molar-refractivity contribution >= 4 is 27.1 Å². The molecule has 0 atom stereocenters. The molecule has 0 aliphatic heterocycles. The van der Waals surface area contributed by atoms with Crippen molar-refractivity contribution in [2.75, 3.05) is 0 Å². The molecule has 2 rings (SSSR count). The fraction of sp³-hybridized carbons (Fsp3) is 0.0769. The van der Waals surface area contributed by atoms with Gasteiger partial charge in [-0.2, -0.15) is 13.2 Å². The van der Waals surface area contributed by atoms with E-state index >= 15 is 0 Å². The van der Waals surface area contributed by atoms with Crippen LogP contribution in [0.3, 0.4) is 0 Å². The zero-order valence-corrected chi connectivity index (χ0v) is 12.6. The van der Waals surface area contributed by atoms with Gasteiger partial charge in [-0.25, -0.2) is 8.42 Å². The minimum atomic E-state index is -4.97. The zero-order valence-electron chi connectivity index (χ0n) is 11.0. The summed E-state index contributed by atoms with van der Waals surface area (Å²) in [5.74, 6) is 0. The lowest BCUT2D eigenvalue weighted by Gasteiger charge is -2.10. The Labute approximate surface area is 133 Å². The van der Waals surface area contributed by atoms with Crippen molar-refractivity contribution in [1.82, 2.24) is 0 Å². The van der Waals surface area contributed by atoms with E-state index < -0.39 is 37.1 Å². The van der Waals surface area contributed by atoms with Gasteiger partial charge < -0.3 is 0 Å². The van der Waals surface area contributed by atoms with Gasteiger partial charge in [-0.05, 0) is 30.3 Å². The molecular weight excluding hydrogens is 359 g/mol. The van der Waals surface area contributed by atoms with Gasteiger partial charge in [0, 0.05) is 11.1 Å². The third kappa shape index (κ3) is 3.45. The van der Waals surface area contributed by atoms with E-state index in [9.17, 15) is 31.7 Å². The first-order valence-electron chi connectivity index (χ1n) is 5.90. The van der Waals surface area contributed by atoms with Gasteiger partial charge in [-0.1, -0.05) is 17.7 Å². The fourth-order valence-electron chi connectivity index (χ4n) is 1.84. The third-order valence-corrected chi connectivity index (χ3v) is 4.87. The Bertz CT molecular complexity index is 881. The smallest absolute Gasteiger partial charge is 0.258 e. The number of hydrogen-bond acceptors (Lipinski definition) is 4. The quantitative estimate of drug-likeness (QED) is 0.606. The molecule has 10 heteroatoms. The summed E-state index contributed by atoms with van der Waals surface area (Å²) in [6, 6.07) is 6.47. The van der Waals surface area contributed by atoms with Crippen LogP contribution in [-0.2, 0) is 16.0 Å². The second-order valence-electron chi connectivity index (χ2n) is 4.39. The first-order chi connectivity index (χ1) is 10.5. The van der Waals surface area contributed by atoms with E-state index in [2.05, 4.69) is 0 Å². The largest absolute Gasteiger partial charge is 0.422 e. The van der Waals surface area contributed by atoms with Crippen LogP contribution in [0.1, 0.15) is 5.56 Å². The average Bonchev–Trinajstić information content (AvgIpc) is 2.45. The highest BCUT2D eigenvalue weighted by Crippen LogP contribution is 2.38. The van der Waals surface area contributed by atoms with Crippen LogP contribution in [0.25, 0.3) is 0 Å². The summed E-state index contributed by atoms with van der Waals surface area (Å²) in [6.45, 7) is 0. The van der Waals surface area contributed by atoms with E-state index in [1.165, 1.54) is 18.2 Å². The molecule has 0 N–H and O–H groups in total. The number of hydrogen-bond donors (Lipinski definition) is 0. The number of nitro benzene ring substituents is 1. The highest BCUT2D eigenvalue weighted by molar-refractivity contribution is 7.91. The fourth-order valence-corrected chi connectivity index (χ4v) is 3.42. The molecule has 0 aliphatic carbocycles. The molecule has 2 aromatic carbocycles. The average molecular weight is 366 g/mol. The molecule has 0 saturated carbocycles. The second-order valence-corrected chi connectivity index (χ2v) is 6.78. The third-order valence-electron chi connectivity index (χ3n) is 2.89. The molecule has 0 spiro atoms. The Morgan fingerprint density at radius 3 is 2.17 bits per heavy atom. The minimum absolute atomic E-state index is 0.104. The van der Waals surface area contributed by atoms with E-state index in [-0.39, 0.29) is 9.92 Å². The molecule has 0 saturated heterocycles. The molecule has 23 heavy (non-hydrogen) atoms. The SMILES string of the molecule is O=[N+]([O-])c1cc(S(=O)(=O)c2cccc(Cl)c2)ccc1C(F)(F)F. The number of nitro groups is 1. The highest BCUT2D eigenvalue weighted by Gasteiger charge is 2.39. The van der Waals surface area contributed by atoms with Gasteiger partial charge in [0.1, 0.15) is 5.56 Å². The lowest BCUT2D eigenvalue weighted by molar-refractivity contribution is -0.388. The molecule has 0 aliphatic rings. The number of rotatable bonds is 3. The van der Waals surface area contributed by atoms with Gasteiger partial charge in [-0.3, -0.25) is 10.1 Å². The van der Waals surface area contributed by atoms with E-state index in [1.807, 2.05) is 0 Å². The van der Waals surface area contributed by atoms with Crippen molar-refractivity contribution in [2.45, 2.75) is 16.0 Å². The lowest BCUT2D eigenvalue weighted by Crippen LogP contribution is -2.10. The topological polar surface area (TPSA) is 77.3 Å². The number of nitrogens with zero attached hydrogens (tertiary/aromatic N) is 1. The molecule has 0 fully saturated rings. The van der Waals surface area contributed by atoms with Crippen LogP contribution in [0.4, 0.5) is 18.9 Å². The first kappa shape index (κ1) is 17.2. The maximum absolute atomic E-state index is 12.7. The van der Waals surface area contributed by atoms with Gasteiger partial charge in [-0.15, -0.1) is 0 Å². The number of sulfone groups is 1. The molecule has 5 nitrogen and oxygen atoms in total. The zero-order chi connectivity index (χ0) is 17.4. The predicted octanol–water partition coefficient (Wildman–Crippen LogP) is 4.10. The van der Waals surface area contributed by atoms with E-state index in [0.29, 0.717) is 18.2 Å². The monoisotopic (exact) mass is 365 g/mol. The van der Waals surface area contributed by atoms with E-state index in [4.69, 9.17) is 11.6 Å². The van der Waals surface area contributed by atoms with Crippen molar-refractivity contribution in [3.63, 3.8) is 0 Å². The Morgan fingerprint density at radius 2 is 1.65 bits per heavy atom. The Balaban J connectivity index is 2.65. The maximum atomic E-state index is 12.7. The van der Waals surface area contributed by atoms with Crippen LogP contribution in [0.5, 0.6) is 0 Å². The standard InChI is InChI=1S/C13H7ClF3NO4S/c14-8-2-1-3-9(6-8)23(21,22)10-4-5-11(13(15,16)17)12(7-10)18(19)20/h1-7H. The number of benzene rings is 2. The summed E-state index contributed by atoms with van der Waals surface area (Å²) in [7, 11) is -4.24. The van der Waals surface area contributed by atoms with E-state index in [0.717, 1.165) is 6.07 Å². The molecule has 2 aromatic rings. The summed E-state index contributed by atoms with van der Waals surface area (Å²) < 4.78 is 62.9. The second kappa shape index (κ2) is 5.82. The molecular formula is C13H7ClF3NO4S. The predicted molar refractivity (Wildman–Crippen MR) is 75.0 cm³/mol. The highest BCUT2D eigenvalue weighted by atomic mass is 35.5. The molecule has 0 bridgehead atoms. The van der Waals surface area contributed by atoms with E-state index in [1.54, 1.807) is 0 Å². The van der Waals surface area contributed by atoms with Crippen molar-refractivity contribution in [2.24, 2.45) is 0 Å². The normalized spacial score (nSPS) is 12.2. The summed E-state index contributed by atoms with van der Waals surface area (Å²) in [5, 5.41) is 10.9. The molecule has 0 heterocycles. The Kier molecular flexibility index (Phi) is 4.36. The van der Waals surface area contributed by atoms with Crippen LogP contribution in [0, 0.1) is 10.1 Å². The minimum Gasteiger partial charge on any atom is -0.258 e. The van der Waals surface area contributed by atoms with Crippen LogP contribution >= 0.6 is 11.6 Å². The van der Waals surface area contributed by atoms with Crippen LogP contribution < -0.4 is 0 Å². The van der Waals surface area contributed by atoms with Crippen LogP contribution in [0.2, 0.25) is 5.02 Å². The van der Waals surface area contributed by atoms with Crippen LogP contribution in [-0.4, -0.2) is 13.3 Å². The summed E-state index contributed by atoms with van der Waals surface area (Å²) in [4.78, 5) is 8.65. The molecule has 0 amide bonds. The first-order valence-corrected chi connectivity index (χ1v) is 7.76. The summed E-state index contributed by atoms with van der Waals surface area (Å²) >= 11 is 5.68. The summed E-state index contributed by atoms with van der Waals surface area (Å²) in [6.07, 6.45) is -4.97. The molecule has 122 valence electrons. The lowest BCUT2D eigenvalue weighted by atomic mass is 10.2. The van der Waals surface area contributed by atoms with Crippen molar-refractivity contribution in [3.05, 3.63) is 63.2 Å². The van der Waals surface area contributed by atoms with Gasteiger partial charge in [0.2, 0.25) is 9.84 Å². The number of halogens is 4. The summed E-state index contributed by atoms with van der Waals surface area (Å²) in [5.41, 5.74) is -2.85. The Hall–Kier alpha value is -2.13. The van der Waals surface area contributed by atoms with Gasteiger partial charge in [0.05, 0.1) is 14.7 Å². The molecule has 0 radical (unpaired) electrons. The molecule has 0 aromatic heterocycles. The van der Waals surface area contributed by atoms with Gasteiger partial charge >= 0.3 is 6.18 Å². The molecule has 0 unspecified atom stereocenters. The number of alkyl halides is 3. The van der Waals surface area contributed by atoms with Crippen molar-refractivity contribution in [1.29, 1.82) is 0 Å². The van der Waals surface area contributed by atoms with Crippen LogP contribution in [0.15, 0.2) is 52.3 Å². The maximum Gasteiger partial charge on any atom is 0.422 e. The van der Waals surface area contributed by atoms with Crippen molar-refractivity contribution in [3.8, 4) is 0 Å². The van der Waals surface area contributed by atoms with Gasteiger partial charge in [0.25, 0.3) is 5.69 Å². The van der Waals surface area contributed by atoms with Gasteiger partial charge in [0.15, 0.2) is 0 Å². The van der Waals surface area contributed by atoms with Crippen molar-refractivity contribution < 1.29 is 26.5 Å².